The Morgan fingerprint density at radius 1 is 0.593 bits per heavy atom. The molecule has 0 heterocycles. The monoisotopic (exact) mass is 375 g/mol. The van der Waals surface area contributed by atoms with Crippen molar-refractivity contribution in [3.63, 3.8) is 0 Å². The first-order valence-corrected chi connectivity index (χ1v) is 11.2. The van der Waals surface area contributed by atoms with Gasteiger partial charge in [-0.3, -0.25) is 4.79 Å². The van der Waals surface area contributed by atoms with Crippen LogP contribution in [0.5, 0.6) is 5.75 Å². The van der Waals surface area contributed by atoms with Crippen LogP contribution in [0.25, 0.3) is 0 Å². The van der Waals surface area contributed by atoms with E-state index < -0.39 is 0 Å². The SMILES string of the molecule is [O]CCCCCCCCCCCCCCCCCC(=O)Oc1ccccc1. The molecule has 0 saturated carbocycles. The van der Waals surface area contributed by atoms with Crippen LogP contribution in [-0.4, -0.2) is 12.6 Å². The fourth-order valence-electron chi connectivity index (χ4n) is 3.34. The number of rotatable bonds is 18. The summed E-state index contributed by atoms with van der Waals surface area (Å²) in [7, 11) is 0. The Labute approximate surface area is 166 Å². The molecular weight excluding hydrogens is 336 g/mol. The average molecular weight is 376 g/mol. The Kier molecular flexibility index (Phi) is 15.8. The quantitative estimate of drug-likeness (QED) is 0.154. The van der Waals surface area contributed by atoms with Gasteiger partial charge in [0, 0.05) is 6.42 Å². The van der Waals surface area contributed by atoms with E-state index in [1.54, 1.807) is 0 Å². The molecule has 3 nitrogen and oxygen atoms in total. The lowest BCUT2D eigenvalue weighted by Gasteiger charge is -2.04. The van der Waals surface area contributed by atoms with Crippen LogP contribution in [-0.2, 0) is 9.90 Å². The Bertz CT molecular complexity index is 444. The molecule has 1 aromatic carbocycles. The van der Waals surface area contributed by atoms with Gasteiger partial charge in [0.1, 0.15) is 5.75 Å². The number of unbranched alkanes of at least 4 members (excludes halogenated alkanes) is 14. The molecule has 0 N–H and O–H groups in total. The first kappa shape index (κ1) is 23.7. The third-order valence-corrected chi connectivity index (χ3v) is 5.00. The predicted molar refractivity (Wildman–Crippen MR) is 112 cm³/mol. The van der Waals surface area contributed by atoms with Gasteiger partial charge in [-0.15, -0.1) is 0 Å². The Hall–Kier alpha value is -1.35. The second kappa shape index (κ2) is 18.0. The van der Waals surface area contributed by atoms with E-state index in [-0.39, 0.29) is 12.6 Å². The average Bonchev–Trinajstić information content (AvgIpc) is 2.68. The van der Waals surface area contributed by atoms with Gasteiger partial charge >= 0.3 is 5.97 Å². The molecule has 0 amide bonds. The van der Waals surface area contributed by atoms with E-state index in [4.69, 9.17) is 4.74 Å². The molecule has 1 rings (SSSR count). The standard InChI is InChI=1S/C24H39O3/c25-22-18-13-11-9-7-5-3-1-2-4-6-8-10-12-17-21-24(26)27-23-19-15-14-16-20-23/h14-16,19-20H,1-13,17-18,21-22H2. The zero-order valence-corrected chi connectivity index (χ0v) is 17.1. The van der Waals surface area contributed by atoms with Gasteiger partial charge in [0.05, 0.1) is 6.61 Å². The zero-order chi connectivity index (χ0) is 19.4. The van der Waals surface area contributed by atoms with E-state index >= 15 is 0 Å². The molecule has 0 aromatic heterocycles. The van der Waals surface area contributed by atoms with Gasteiger partial charge in [0.15, 0.2) is 0 Å². The van der Waals surface area contributed by atoms with E-state index in [1.165, 1.54) is 70.6 Å². The number of ether oxygens (including phenoxy) is 1. The maximum Gasteiger partial charge on any atom is 0.311 e. The van der Waals surface area contributed by atoms with Crippen LogP contribution >= 0.6 is 0 Å². The topological polar surface area (TPSA) is 46.2 Å². The van der Waals surface area contributed by atoms with Gasteiger partial charge in [-0.05, 0) is 25.0 Å². The summed E-state index contributed by atoms with van der Waals surface area (Å²) in [6.07, 6.45) is 19.1. The molecule has 27 heavy (non-hydrogen) atoms. The van der Waals surface area contributed by atoms with Crippen LogP contribution in [0.2, 0.25) is 0 Å². The van der Waals surface area contributed by atoms with E-state index in [0.29, 0.717) is 12.2 Å². The number of carbonyl (C=O) groups excluding carboxylic acids is 1. The molecule has 0 aliphatic carbocycles. The van der Waals surface area contributed by atoms with E-state index in [2.05, 4.69) is 0 Å². The second-order valence-electron chi connectivity index (χ2n) is 7.54. The number of benzene rings is 1. The molecule has 153 valence electrons. The fourth-order valence-corrected chi connectivity index (χ4v) is 3.34. The summed E-state index contributed by atoms with van der Waals surface area (Å²) in [6, 6.07) is 9.30. The molecule has 0 spiro atoms. The highest BCUT2D eigenvalue weighted by Gasteiger charge is 2.03. The number of hydrogen-bond acceptors (Lipinski definition) is 2. The normalized spacial score (nSPS) is 10.9. The molecule has 0 unspecified atom stereocenters. The number of carbonyl (C=O) groups is 1. The second-order valence-corrected chi connectivity index (χ2v) is 7.54. The van der Waals surface area contributed by atoms with Crippen molar-refractivity contribution in [2.24, 2.45) is 0 Å². The highest BCUT2D eigenvalue weighted by Crippen LogP contribution is 2.14. The van der Waals surface area contributed by atoms with Crippen LogP contribution in [0.1, 0.15) is 103 Å². The van der Waals surface area contributed by atoms with Gasteiger partial charge in [-0.2, -0.15) is 0 Å². The number of hydrogen-bond donors (Lipinski definition) is 0. The van der Waals surface area contributed by atoms with Crippen molar-refractivity contribution >= 4 is 5.97 Å². The summed E-state index contributed by atoms with van der Waals surface area (Å²) in [5.41, 5.74) is 0. The summed E-state index contributed by atoms with van der Waals surface area (Å²) < 4.78 is 5.29. The summed E-state index contributed by atoms with van der Waals surface area (Å²) in [5, 5.41) is 10.3. The Morgan fingerprint density at radius 3 is 1.44 bits per heavy atom. The Morgan fingerprint density at radius 2 is 1.00 bits per heavy atom. The van der Waals surface area contributed by atoms with Crippen molar-refractivity contribution in [3.05, 3.63) is 30.3 Å². The van der Waals surface area contributed by atoms with Crippen molar-refractivity contribution in [1.29, 1.82) is 0 Å². The lowest BCUT2D eigenvalue weighted by atomic mass is 10.0. The van der Waals surface area contributed by atoms with Crippen molar-refractivity contribution in [3.8, 4) is 5.75 Å². The molecule has 0 atom stereocenters. The van der Waals surface area contributed by atoms with Crippen molar-refractivity contribution < 1.29 is 14.6 Å². The molecule has 0 bridgehead atoms. The van der Waals surface area contributed by atoms with Crippen LogP contribution in [0, 0.1) is 0 Å². The van der Waals surface area contributed by atoms with Crippen molar-refractivity contribution in [1.82, 2.24) is 0 Å². The van der Waals surface area contributed by atoms with Gasteiger partial charge in [-0.25, -0.2) is 5.11 Å². The van der Waals surface area contributed by atoms with E-state index in [1.807, 2.05) is 30.3 Å². The summed E-state index contributed by atoms with van der Waals surface area (Å²) in [6.45, 7) is 0.0980. The van der Waals surface area contributed by atoms with Crippen LogP contribution in [0.3, 0.4) is 0 Å². The van der Waals surface area contributed by atoms with Crippen LogP contribution < -0.4 is 4.74 Å². The third-order valence-electron chi connectivity index (χ3n) is 5.00. The minimum atomic E-state index is -0.119. The lowest BCUT2D eigenvalue weighted by Crippen LogP contribution is -2.07. The predicted octanol–water partition coefficient (Wildman–Crippen LogP) is 7.26. The zero-order valence-electron chi connectivity index (χ0n) is 17.1. The van der Waals surface area contributed by atoms with Gasteiger partial charge in [-0.1, -0.05) is 102 Å². The summed E-state index contributed by atoms with van der Waals surface area (Å²) in [5.74, 6) is 0.522. The Balaban J connectivity index is 1.76. The summed E-state index contributed by atoms with van der Waals surface area (Å²) in [4.78, 5) is 11.7. The van der Waals surface area contributed by atoms with Gasteiger partial charge in [0.25, 0.3) is 0 Å². The molecule has 0 aliphatic heterocycles. The fraction of sp³-hybridized carbons (Fsp3) is 0.708. The highest BCUT2D eigenvalue weighted by atomic mass is 16.5. The van der Waals surface area contributed by atoms with E-state index in [9.17, 15) is 9.90 Å². The smallest absolute Gasteiger partial charge is 0.311 e. The molecule has 0 aliphatic rings. The molecule has 0 saturated heterocycles. The number of esters is 1. The largest absolute Gasteiger partial charge is 0.427 e. The van der Waals surface area contributed by atoms with Crippen molar-refractivity contribution in [2.45, 2.75) is 103 Å². The van der Waals surface area contributed by atoms with Gasteiger partial charge in [0.2, 0.25) is 0 Å². The minimum absolute atomic E-state index is 0.0980. The molecule has 0 fully saturated rings. The summed E-state index contributed by atoms with van der Waals surface area (Å²) >= 11 is 0. The first-order chi connectivity index (χ1) is 13.3. The maximum absolute atomic E-state index is 11.7. The maximum atomic E-state index is 11.7. The van der Waals surface area contributed by atoms with Crippen LogP contribution in [0.4, 0.5) is 0 Å². The van der Waals surface area contributed by atoms with Crippen molar-refractivity contribution in [2.75, 3.05) is 6.61 Å². The number of para-hydroxylation sites is 1. The molecular formula is C24H39O3. The molecule has 1 aromatic rings. The molecule has 3 heteroatoms. The van der Waals surface area contributed by atoms with Crippen LogP contribution in [0.15, 0.2) is 30.3 Å². The lowest BCUT2D eigenvalue weighted by molar-refractivity contribution is -0.134. The highest BCUT2D eigenvalue weighted by molar-refractivity contribution is 5.72. The van der Waals surface area contributed by atoms with E-state index in [0.717, 1.165) is 25.7 Å². The minimum Gasteiger partial charge on any atom is -0.427 e. The molecule has 1 radical (unpaired) electrons. The van der Waals surface area contributed by atoms with Gasteiger partial charge < -0.3 is 4.74 Å². The third kappa shape index (κ3) is 15.4. The first-order valence-electron chi connectivity index (χ1n) is 11.2.